The first kappa shape index (κ1) is 16.1. The van der Waals surface area contributed by atoms with Gasteiger partial charge in [-0.1, -0.05) is 0 Å². The summed E-state index contributed by atoms with van der Waals surface area (Å²) in [6.45, 7) is 1.67. The van der Waals surface area contributed by atoms with Gasteiger partial charge in [0.1, 0.15) is 6.10 Å². The van der Waals surface area contributed by atoms with Crippen LogP contribution in [0.2, 0.25) is 0 Å². The summed E-state index contributed by atoms with van der Waals surface area (Å²) in [5.41, 5.74) is 0. The number of rotatable bonds is 5. The van der Waals surface area contributed by atoms with Gasteiger partial charge in [-0.3, -0.25) is 0 Å². The highest BCUT2D eigenvalue weighted by atomic mass is 35.5. The summed E-state index contributed by atoms with van der Waals surface area (Å²) in [6, 6.07) is -1.29. The predicted molar refractivity (Wildman–Crippen MR) is 67.5 cm³/mol. The summed E-state index contributed by atoms with van der Waals surface area (Å²) in [4.78, 5) is 22.2. The first-order chi connectivity index (χ1) is 9.03. The highest BCUT2D eigenvalue weighted by Gasteiger charge is 2.37. The van der Waals surface area contributed by atoms with Gasteiger partial charge in [-0.2, -0.15) is 5.01 Å². The zero-order chi connectivity index (χ0) is 14.4. The summed E-state index contributed by atoms with van der Waals surface area (Å²) in [7, 11) is 1.47. The quantitative estimate of drug-likeness (QED) is 0.435. The molecule has 4 atom stereocenters. The van der Waals surface area contributed by atoms with E-state index < -0.39 is 30.6 Å². The van der Waals surface area contributed by atoms with Crippen LogP contribution in [-0.2, 0) is 9.47 Å². The Labute approximate surface area is 115 Å². The summed E-state index contributed by atoms with van der Waals surface area (Å²) in [5.74, 6) is 0.0899. The zero-order valence-electron chi connectivity index (χ0n) is 10.8. The molecule has 0 saturated carbocycles. The van der Waals surface area contributed by atoms with Gasteiger partial charge in [0.05, 0.1) is 24.0 Å². The van der Waals surface area contributed by atoms with Crippen molar-refractivity contribution < 1.29 is 19.4 Å². The van der Waals surface area contributed by atoms with Crippen molar-refractivity contribution in [2.45, 2.75) is 37.9 Å². The lowest BCUT2D eigenvalue weighted by Crippen LogP contribution is -2.56. The number of hydrogen-bond donors (Lipinski definition) is 2. The fraction of sp³-hybridized carbons (Fsp3) is 0.900. The van der Waals surface area contributed by atoms with Crippen LogP contribution in [0.25, 0.3) is 0 Å². The molecule has 0 radical (unpaired) electrons. The maximum atomic E-state index is 11.7. The lowest BCUT2D eigenvalue weighted by molar-refractivity contribution is -0.214. The molecular formula is C10H18ClN3O5. The van der Waals surface area contributed by atoms with E-state index in [1.807, 2.05) is 0 Å². The number of nitrogens with one attached hydrogen (secondary N) is 1. The molecule has 19 heavy (non-hydrogen) atoms. The van der Waals surface area contributed by atoms with E-state index in [4.69, 9.17) is 21.1 Å². The third-order valence-corrected chi connectivity index (χ3v) is 3.08. The number of urea groups is 1. The molecule has 0 bridgehead atoms. The molecule has 0 unspecified atom stereocenters. The number of nitroso groups, excluding NO2 is 1. The third kappa shape index (κ3) is 4.27. The number of amides is 2. The van der Waals surface area contributed by atoms with Gasteiger partial charge in [-0.15, -0.1) is 16.5 Å². The van der Waals surface area contributed by atoms with Gasteiger partial charge in [-0.05, 0) is 6.92 Å². The van der Waals surface area contributed by atoms with Crippen LogP contribution in [0.3, 0.4) is 0 Å². The molecule has 110 valence electrons. The first-order valence-corrected chi connectivity index (χ1v) is 6.40. The lowest BCUT2D eigenvalue weighted by atomic mass is 10.00. The molecule has 0 aromatic heterocycles. The van der Waals surface area contributed by atoms with Crippen LogP contribution in [0.4, 0.5) is 4.79 Å². The van der Waals surface area contributed by atoms with Gasteiger partial charge in [0.2, 0.25) is 0 Å². The van der Waals surface area contributed by atoms with Gasteiger partial charge in [0.15, 0.2) is 6.29 Å². The Morgan fingerprint density at radius 1 is 1.68 bits per heavy atom. The molecule has 0 aliphatic carbocycles. The highest BCUT2D eigenvalue weighted by molar-refractivity contribution is 6.18. The standard InChI is InChI=1S/C10H18ClN3O5/c1-6-9(15)7(5-8(18-2)19-6)12-10(16)14(13-17)4-3-11/h6-9,15H,3-5H2,1-2H3,(H,12,16)/t6-,7-,8+,9-/m0/s1. The second-order valence-corrected chi connectivity index (χ2v) is 4.56. The molecule has 1 aliphatic heterocycles. The highest BCUT2D eigenvalue weighted by Crippen LogP contribution is 2.20. The van der Waals surface area contributed by atoms with Crippen molar-refractivity contribution >= 4 is 17.6 Å². The Morgan fingerprint density at radius 3 is 2.89 bits per heavy atom. The number of alkyl halides is 1. The van der Waals surface area contributed by atoms with Crippen LogP contribution in [0, 0.1) is 4.91 Å². The maximum absolute atomic E-state index is 11.7. The number of carbonyl (C=O) groups excluding carboxylic acids is 1. The van der Waals surface area contributed by atoms with Crippen molar-refractivity contribution in [1.82, 2.24) is 10.3 Å². The van der Waals surface area contributed by atoms with Gasteiger partial charge in [-0.25, -0.2) is 4.79 Å². The molecule has 8 nitrogen and oxygen atoms in total. The van der Waals surface area contributed by atoms with Crippen molar-refractivity contribution in [3.8, 4) is 0 Å². The molecule has 0 aromatic rings. The first-order valence-electron chi connectivity index (χ1n) is 5.87. The summed E-state index contributed by atoms with van der Waals surface area (Å²) >= 11 is 5.45. The molecule has 1 aliphatic rings. The summed E-state index contributed by atoms with van der Waals surface area (Å²) in [6.07, 6.45) is -1.62. The van der Waals surface area contributed by atoms with Crippen molar-refractivity contribution in [3.63, 3.8) is 0 Å². The van der Waals surface area contributed by atoms with Crippen LogP contribution in [0.1, 0.15) is 13.3 Å². The molecule has 1 heterocycles. The SMILES string of the molecule is CO[C@H]1C[C@H](NC(=O)N(CCCl)N=O)[C@@H](O)[C@H](C)O1. The van der Waals surface area contributed by atoms with Gasteiger partial charge in [0, 0.05) is 19.4 Å². The molecule has 1 rings (SSSR count). The summed E-state index contributed by atoms with van der Waals surface area (Å²) < 4.78 is 10.4. The molecule has 9 heteroatoms. The Hall–Kier alpha value is -0.960. The number of halogens is 1. The fourth-order valence-electron chi connectivity index (χ4n) is 1.84. The number of ether oxygens (including phenoxy) is 2. The lowest BCUT2D eigenvalue weighted by Gasteiger charge is -2.37. The molecule has 1 fully saturated rings. The number of carbonyl (C=O) groups is 1. The number of methoxy groups -OCH3 is 1. The minimum absolute atomic E-state index is 0.000532. The minimum Gasteiger partial charge on any atom is -0.388 e. The van der Waals surface area contributed by atoms with E-state index in [1.165, 1.54) is 7.11 Å². The molecule has 0 spiro atoms. The van der Waals surface area contributed by atoms with E-state index in [2.05, 4.69) is 10.6 Å². The van der Waals surface area contributed by atoms with Crippen molar-refractivity contribution in [3.05, 3.63) is 4.91 Å². The number of nitrogens with zero attached hydrogens (tertiary/aromatic N) is 2. The Balaban J connectivity index is 2.62. The topological polar surface area (TPSA) is 100 Å². The number of aliphatic hydroxyl groups is 1. The van der Waals surface area contributed by atoms with E-state index in [0.29, 0.717) is 5.01 Å². The van der Waals surface area contributed by atoms with E-state index >= 15 is 0 Å². The second kappa shape index (κ2) is 7.59. The van der Waals surface area contributed by atoms with Crippen LogP contribution in [0.5, 0.6) is 0 Å². The Morgan fingerprint density at radius 2 is 2.37 bits per heavy atom. The number of aliphatic hydroxyl groups excluding tert-OH is 1. The van der Waals surface area contributed by atoms with E-state index in [1.54, 1.807) is 6.92 Å². The maximum Gasteiger partial charge on any atom is 0.340 e. The van der Waals surface area contributed by atoms with Gasteiger partial charge in [0.25, 0.3) is 0 Å². The van der Waals surface area contributed by atoms with E-state index in [9.17, 15) is 14.8 Å². The van der Waals surface area contributed by atoms with Crippen LogP contribution >= 0.6 is 11.6 Å². The van der Waals surface area contributed by atoms with Crippen LogP contribution in [0.15, 0.2) is 5.29 Å². The Kier molecular flexibility index (Phi) is 6.43. The second-order valence-electron chi connectivity index (χ2n) is 4.18. The predicted octanol–water partition coefficient (Wildman–Crippen LogP) is 0.429. The molecule has 2 amide bonds. The van der Waals surface area contributed by atoms with E-state index in [-0.39, 0.29) is 18.8 Å². The molecule has 2 N–H and O–H groups in total. The molecule has 1 saturated heterocycles. The molecule has 0 aromatic carbocycles. The monoisotopic (exact) mass is 295 g/mol. The fourth-order valence-corrected chi connectivity index (χ4v) is 2.00. The van der Waals surface area contributed by atoms with Crippen LogP contribution < -0.4 is 5.32 Å². The molecular weight excluding hydrogens is 278 g/mol. The third-order valence-electron chi connectivity index (χ3n) is 2.91. The smallest absolute Gasteiger partial charge is 0.340 e. The Bertz CT molecular complexity index is 320. The van der Waals surface area contributed by atoms with Gasteiger partial charge >= 0.3 is 6.03 Å². The zero-order valence-corrected chi connectivity index (χ0v) is 11.5. The van der Waals surface area contributed by atoms with E-state index in [0.717, 1.165) is 0 Å². The van der Waals surface area contributed by atoms with Crippen LogP contribution in [-0.4, -0.2) is 60.2 Å². The van der Waals surface area contributed by atoms with Crippen molar-refractivity contribution in [2.24, 2.45) is 5.29 Å². The largest absolute Gasteiger partial charge is 0.388 e. The van der Waals surface area contributed by atoms with Crippen molar-refractivity contribution in [1.29, 1.82) is 0 Å². The average molecular weight is 296 g/mol. The summed E-state index contributed by atoms with van der Waals surface area (Å²) in [5, 5.41) is 15.7. The van der Waals surface area contributed by atoms with Gasteiger partial charge < -0.3 is 19.9 Å². The van der Waals surface area contributed by atoms with Crippen molar-refractivity contribution in [2.75, 3.05) is 19.5 Å². The minimum atomic E-state index is -0.889. The normalized spacial score (nSPS) is 30.7. The average Bonchev–Trinajstić information content (AvgIpc) is 2.40. The number of hydrogen-bond acceptors (Lipinski definition) is 6.